The average Bonchev–Trinajstić information content (AvgIpc) is 3.16. The summed E-state index contributed by atoms with van der Waals surface area (Å²) in [6.07, 6.45) is 5.42. The molecule has 0 spiro atoms. The Morgan fingerprint density at radius 1 is 1.12 bits per heavy atom. The van der Waals surface area contributed by atoms with E-state index >= 15 is 0 Å². The summed E-state index contributed by atoms with van der Waals surface area (Å²) in [7, 11) is 0. The standard InChI is InChI=1S/C19H24ClFN2O2/c20-16-7-3-6-15(18(16)21)19(25)23-12-4-5-14(13-23)8-9-17(24)22-10-1-2-11-22/h3,6-7,14H,1-2,4-5,8-13H2/t14-/m0/s1. The molecular weight excluding hydrogens is 343 g/mol. The minimum atomic E-state index is -0.652. The molecule has 6 heteroatoms. The first kappa shape index (κ1) is 18.2. The molecule has 0 radical (unpaired) electrons. The lowest BCUT2D eigenvalue weighted by molar-refractivity contribution is -0.130. The maximum Gasteiger partial charge on any atom is 0.256 e. The number of piperidine rings is 1. The van der Waals surface area contributed by atoms with Gasteiger partial charge in [0.1, 0.15) is 0 Å². The third kappa shape index (κ3) is 4.32. The van der Waals surface area contributed by atoms with Gasteiger partial charge in [0.05, 0.1) is 10.6 Å². The van der Waals surface area contributed by atoms with Crippen LogP contribution in [0.3, 0.4) is 0 Å². The van der Waals surface area contributed by atoms with Gasteiger partial charge in [-0.25, -0.2) is 4.39 Å². The number of halogens is 2. The zero-order chi connectivity index (χ0) is 17.8. The molecule has 2 saturated heterocycles. The minimum absolute atomic E-state index is 0.0290. The number of amides is 2. The van der Waals surface area contributed by atoms with Crippen molar-refractivity contribution >= 4 is 23.4 Å². The fourth-order valence-corrected chi connectivity index (χ4v) is 3.95. The van der Waals surface area contributed by atoms with Gasteiger partial charge < -0.3 is 9.80 Å². The first-order valence-corrected chi connectivity index (χ1v) is 9.45. The molecule has 0 N–H and O–H groups in total. The van der Waals surface area contributed by atoms with E-state index in [-0.39, 0.29) is 22.4 Å². The van der Waals surface area contributed by atoms with Gasteiger partial charge in [0.15, 0.2) is 5.82 Å². The molecule has 2 heterocycles. The Morgan fingerprint density at radius 3 is 2.60 bits per heavy atom. The molecule has 1 aromatic rings. The van der Waals surface area contributed by atoms with Gasteiger partial charge in [0.25, 0.3) is 5.91 Å². The summed E-state index contributed by atoms with van der Waals surface area (Å²) >= 11 is 5.78. The molecule has 136 valence electrons. The van der Waals surface area contributed by atoms with Gasteiger partial charge in [0, 0.05) is 32.6 Å². The van der Waals surface area contributed by atoms with Crippen LogP contribution >= 0.6 is 11.6 Å². The van der Waals surface area contributed by atoms with Crippen LogP contribution in [0.4, 0.5) is 4.39 Å². The smallest absolute Gasteiger partial charge is 0.256 e. The van der Waals surface area contributed by atoms with E-state index in [1.165, 1.54) is 12.1 Å². The first-order valence-electron chi connectivity index (χ1n) is 9.07. The van der Waals surface area contributed by atoms with E-state index in [9.17, 15) is 14.0 Å². The van der Waals surface area contributed by atoms with Crippen molar-refractivity contribution in [1.29, 1.82) is 0 Å². The molecule has 1 atom stereocenters. The van der Waals surface area contributed by atoms with Gasteiger partial charge in [-0.2, -0.15) is 0 Å². The predicted octanol–water partition coefficient (Wildman–Crippen LogP) is 3.73. The summed E-state index contributed by atoms with van der Waals surface area (Å²) in [6, 6.07) is 4.51. The number of hydrogen-bond acceptors (Lipinski definition) is 2. The summed E-state index contributed by atoms with van der Waals surface area (Å²) in [5.41, 5.74) is 0.0290. The number of hydrogen-bond donors (Lipinski definition) is 0. The molecule has 0 aromatic heterocycles. The van der Waals surface area contributed by atoms with Gasteiger partial charge >= 0.3 is 0 Å². The Bertz CT molecular complexity index is 646. The molecule has 2 fully saturated rings. The predicted molar refractivity (Wildman–Crippen MR) is 95.1 cm³/mol. The highest BCUT2D eigenvalue weighted by atomic mass is 35.5. The van der Waals surface area contributed by atoms with Crippen LogP contribution in [0.25, 0.3) is 0 Å². The second-order valence-corrected chi connectivity index (χ2v) is 7.39. The van der Waals surface area contributed by atoms with Crippen molar-refractivity contribution in [3.63, 3.8) is 0 Å². The topological polar surface area (TPSA) is 40.6 Å². The summed E-state index contributed by atoms with van der Waals surface area (Å²) in [6.45, 7) is 2.96. The van der Waals surface area contributed by atoms with Crippen molar-refractivity contribution in [3.05, 3.63) is 34.6 Å². The van der Waals surface area contributed by atoms with E-state index in [4.69, 9.17) is 11.6 Å². The van der Waals surface area contributed by atoms with Gasteiger partial charge in [0.2, 0.25) is 5.91 Å². The summed E-state index contributed by atoms with van der Waals surface area (Å²) in [5.74, 6) is -0.440. The lowest BCUT2D eigenvalue weighted by Crippen LogP contribution is -2.40. The van der Waals surface area contributed by atoms with Crippen molar-refractivity contribution < 1.29 is 14.0 Å². The fourth-order valence-electron chi connectivity index (χ4n) is 3.78. The number of nitrogens with zero attached hydrogens (tertiary/aromatic N) is 2. The lowest BCUT2D eigenvalue weighted by Gasteiger charge is -2.33. The van der Waals surface area contributed by atoms with Gasteiger partial charge in [-0.15, -0.1) is 0 Å². The molecule has 0 unspecified atom stereocenters. The monoisotopic (exact) mass is 366 g/mol. The average molecular weight is 367 g/mol. The van der Waals surface area contributed by atoms with Crippen LogP contribution < -0.4 is 0 Å². The quantitative estimate of drug-likeness (QED) is 0.814. The number of benzene rings is 1. The Labute approximate surface area is 152 Å². The maximum absolute atomic E-state index is 14.1. The van der Waals surface area contributed by atoms with E-state index in [1.54, 1.807) is 11.0 Å². The van der Waals surface area contributed by atoms with Gasteiger partial charge in [-0.05, 0) is 50.2 Å². The fraction of sp³-hybridized carbons (Fsp3) is 0.579. The van der Waals surface area contributed by atoms with Crippen molar-refractivity contribution in [1.82, 2.24) is 9.80 Å². The van der Waals surface area contributed by atoms with Crippen molar-refractivity contribution in [2.75, 3.05) is 26.2 Å². The molecule has 1 aromatic carbocycles. The number of carbonyl (C=O) groups is 2. The zero-order valence-corrected chi connectivity index (χ0v) is 15.1. The Kier molecular flexibility index (Phi) is 5.94. The molecule has 3 rings (SSSR count). The van der Waals surface area contributed by atoms with E-state index in [0.29, 0.717) is 25.4 Å². The Morgan fingerprint density at radius 2 is 1.84 bits per heavy atom. The molecule has 2 aliphatic heterocycles. The van der Waals surface area contributed by atoms with Crippen molar-refractivity contribution in [2.24, 2.45) is 5.92 Å². The van der Waals surface area contributed by atoms with Crippen LogP contribution in [-0.4, -0.2) is 47.8 Å². The molecular formula is C19H24ClFN2O2. The highest BCUT2D eigenvalue weighted by Gasteiger charge is 2.27. The van der Waals surface area contributed by atoms with E-state index in [0.717, 1.165) is 45.2 Å². The summed E-state index contributed by atoms with van der Waals surface area (Å²) in [4.78, 5) is 28.4. The number of rotatable bonds is 4. The zero-order valence-electron chi connectivity index (χ0n) is 14.3. The van der Waals surface area contributed by atoms with Crippen LogP contribution in [0.1, 0.15) is 48.9 Å². The number of likely N-dealkylation sites (tertiary alicyclic amines) is 2. The highest BCUT2D eigenvalue weighted by molar-refractivity contribution is 6.31. The first-order chi connectivity index (χ1) is 12.1. The molecule has 2 aliphatic rings. The van der Waals surface area contributed by atoms with Gasteiger partial charge in [-0.3, -0.25) is 9.59 Å². The molecule has 0 saturated carbocycles. The second-order valence-electron chi connectivity index (χ2n) is 6.99. The van der Waals surface area contributed by atoms with E-state index < -0.39 is 5.82 Å². The van der Waals surface area contributed by atoms with Crippen LogP contribution in [0.15, 0.2) is 18.2 Å². The van der Waals surface area contributed by atoms with Crippen LogP contribution in [0, 0.1) is 11.7 Å². The highest BCUT2D eigenvalue weighted by Crippen LogP contribution is 2.25. The van der Waals surface area contributed by atoms with Crippen molar-refractivity contribution in [2.45, 2.75) is 38.5 Å². The normalized spacial score (nSPS) is 20.8. The second kappa shape index (κ2) is 8.17. The molecule has 0 bridgehead atoms. The minimum Gasteiger partial charge on any atom is -0.343 e. The van der Waals surface area contributed by atoms with E-state index in [1.807, 2.05) is 4.90 Å². The van der Waals surface area contributed by atoms with Crippen LogP contribution in [-0.2, 0) is 4.79 Å². The largest absolute Gasteiger partial charge is 0.343 e. The van der Waals surface area contributed by atoms with Crippen LogP contribution in [0.2, 0.25) is 5.02 Å². The van der Waals surface area contributed by atoms with Crippen molar-refractivity contribution in [3.8, 4) is 0 Å². The number of carbonyl (C=O) groups excluding carboxylic acids is 2. The van der Waals surface area contributed by atoms with Gasteiger partial charge in [-0.1, -0.05) is 17.7 Å². The molecule has 0 aliphatic carbocycles. The SMILES string of the molecule is O=C(CC[C@@H]1CCCN(C(=O)c2cccc(Cl)c2F)C1)N1CCCC1. The summed E-state index contributed by atoms with van der Waals surface area (Å²) in [5, 5.41) is -0.0318. The Hall–Kier alpha value is -1.62. The lowest BCUT2D eigenvalue weighted by atomic mass is 9.92. The molecule has 4 nitrogen and oxygen atoms in total. The van der Waals surface area contributed by atoms with E-state index in [2.05, 4.69) is 0 Å². The maximum atomic E-state index is 14.1. The third-order valence-corrected chi connectivity index (χ3v) is 5.51. The summed E-state index contributed by atoms with van der Waals surface area (Å²) < 4.78 is 14.1. The third-order valence-electron chi connectivity index (χ3n) is 5.21. The molecule has 2 amide bonds. The Balaban J connectivity index is 1.56. The molecule has 25 heavy (non-hydrogen) atoms. The van der Waals surface area contributed by atoms with Crippen LogP contribution in [0.5, 0.6) is 0 Å².